The molecule has 0 N–H and O–H groups in total. The van der Waals surface area contributed by atoms with Gasteiger partial charge in [0.2, 0.25) is 5.95 Å². The Hall–Kier alpha value is -6.88. The van der Waals surface area contributed by atoms with E-state index in [1.165, 1.54) is 75.1 Å². The molecule has 0 fully saturated rings. The Balaban J connectivity index is 1.04. The van der Waals surface area contributed by atoms with E-state index in [9.17, 15) is 0 Å². The van der Waals surface area contributed by atoms with Crippen molar-refractivity contribution in [2.75, 3.05) is 0 Å². The second kappa shape index (κ2) is 12.4. The number of aromatic nitrogens is 3. The lowest BCUT2D eigenvalue weighted by Gasteiger charge is -2.10. The van der Waals surface area contributed by atoms with Gasteiger partial charge in [-0.3, -0.25) is 4.57 Å². The molecule has 54 heavy (non-hydrogen) atoms. The highest BCUT2D eigenvalue weighted by Crippen LogP contribution is 2.41. The fourth-order valence-corrected chi connectivity index (χ4v) is 9.26. The van der Waals surface area contributed by atoms with Gasteiger partial charge in [-0.25, -0.2) is 9.97 Å². The van der Waals surface area contributed by atoms with Gasteiger partial charge in [0.05, 0.1) is 16.7 Å². The molecule has 3 aromatic heterocycles. The molecule has 0 bridgehead atoms. The fraction of sp³-hybridized carbons (Fsp3) is 0. The van der Waals surface area contributed by atoms with Gasteiger partial charge >= 0.3 is 0 Å². The lowest BCUT2D eigenvalue weighted by atomic mass is 9.99. The first-order valence-electron chi connectivity index (χ1n) is 18.2. The van der Waals surface area contributed by atoms with Crippen LogP contribution in [0.25, 0.3) is 103 Å². The molecule has 0 aliphatic carbocycles. The zero-order chi connectivity index (χ0) is 35.6. The first-order valence-corrected chi connectivity index (χ1v) is 19.0. The monoisotopic (exact) mass is 705 g/mol. The van der Waals surface area contributed by atoms with Gasteiger partial charge in [-0.2, -0.15) is 0 Å². The van der Waals surface area contributed by atoms with E-state index in [0.717, 1.165) is 22.3 Å². The molecular weight excluding hydrogens is 675 g/mol. The highest BCUT2D eigenvalue weighted by atomic mass is 32.1. The molecule has 8 aromatic carbocycles. The smallest absolute Gasteiger partial charge is 0.235 e. The van der Waals surface area contributed by atoms with E-state index in [0.29, 0.717) is 5.95 Å². The molecule has 0 amide bonds. The van der Waals surface area contributed by atoms with Crippen molar-refractivity contribution in [2.24, 2.45) is 0 Å². The molecular formula is C50H31N3S. The average molecular weight is 706 g/mol. The van der Waals surface area contributed by atoms with Crippen LogP contribution in [0.3, 0.4) is 0 Å². The Bertz CT molecular complexity index is 3210. The van der Waals surface area contributed by atoms with Crippen LogP contribution in [-0.2, 0) is 0 Å². The van der Waals surface area contributed by atoms with Crippen LogP contribution in [0.4, 0.5) is 0 Å². The first-order chi connectivity index (χ1) is 26.7. The van der Waals surface area contributed by atoms with Crippen LogP contribution in [0, 0.1) is 0 Å². The van der Waals surface area contributed by atoms with Crippen molar-refractivity contribution in [2.45, 2.75) is 0 Å². The van der Waals surface area contributed by atoms with Gasteiger partial charge in [-0.1, -0.05) is 140 Å². The SMILES string of the molecule is c1ccc(-c2ccc(-c3ccc4c(c3)c3cc5ccccc5cc3n4-c3nccc(-c4cccc(-c5cccc6c5sc5ccccc56)c4)n3)cc2)cc1. The predicted octanol–water partition coefficient (Wildman–Crippen LogP) is 13.8. The van der Waals surface area contributed by atoms with Gasteiger partial charge in [0, 0.05) is 42.7 Å². The minimum absolute atomic E-state index is 0.653. The second-order valence-corrected chi connectivity index (χ2v) is 14.9. The second-order valence-electron chi connectivity index (χ2n) is 13.8. The molecule has 252 valence electrons. The molecule has 3 nitrogen and oxygen atoms in total. The standard InChI is InChI=1S/C50H31N3S/c1-2-10-32(11-3-1)33-20-22-34(23-21-33)37-24-25-46-43(30-37)44-29-35-12-4-5-13-36(35)31-47(44)53(46)50-51-27-26-45(52-50)39-15-8-14-38(28-39)40-17-9-18-42-41-16-6-7-19-48(41)54-49(40)42/h1-31H. The summed E-state index contributed by atoms with van der Waals surface area (Å²) < 4.78 is 4.84. The Labute approximate surface area is 316 Å². The van der Waals surface area contributed by atoms with Gasteiger partial charge < -0.3 is 0 Å². The molecule has 3 heterocycles. The molecule has 0 unspecified atom stereocenters. The zero-order valence-corrected chi connectivity index (χ0v) is 30.0. The maximum absolute atomic E-state index is 5.27. The summed E-state index contributed by atoms with van der Waals surface area (Å²) >= 11 is 1.86. The lowest BCUT2D eigenvalue weighted by molar-refractivity contribution is 0.992. The van der Waals surface area contributed by atoms with Crippen molar-refractivity contribution in [3.8, 4) is 50.6 Å². The molecule has 0 spiro atoms. The number of nitrogens with zero attached hydrogens (tertiary/aromatic N) is 3. The van der Waals surface area contributed by atoms with Crippen LogP contribution in [-0.4, -0.2) is 14.5 Å². The number of thiophene rings is 1. The third-order valence-electron chi connectivity index (χ3n) is 10.7. The van der Waals surface area contributed by atoms with E-state index in [2.05, 4.69) is 180 Å². The van der Waals surface area contributed by atoms with Gasteiger partial charge in [0.1, 0.15) is 0 Å². The predicted molar refractivity (Wildman–Crippen MR) is 229 cm³/mol. The quantitative estimate of drug-likeness (QED) is 0.178. The van der Waals surface area contributed by atoms with Crippen molar-refractivity contribution < 1.29 is 0 Å². The number of hydrogen-bond donors (Lipinski definition) is 0. The first kappa shape index (κ1) is 30.7. The van der Waals surface area contributed by atoms with E-state index in [1.807, 2.05) is 23.6 Å². The number of benzene rings is 8. The van der Waals surface area contributed by atoms with Crippen LogP contribution >= 0.6 is 11.3 Å². The van der Waals surface area contributed by atoms with Crippen LogP contribution < -0.4 is 0 Å². The van der Waals surface area contributed by atoms with Crippen LogP contribution in [0.1, 0.15) is 0 Å². The topological polar surface area (TPSA) is 30.7 Å². The molecule has 0 saturated carbocycles. The minimum atomic E-state index is 0.653. The molecule has 0 aliphatic rings. The summed E-state index contributed by atoms with van der Waals surface area (Å²) in [5.41, 5.74) is 11.3. The molecule has 0 saturated heterocycles. The summed E-state index contributed by atoms with van der Waals surface area (Å²) in [4.78, 5) is 10.2. The molecule has 0 radical (unpaired) electrons. The fourth-order valence-electron chi connectivity index (χ4n) is 8.02. The van der Waals surface area contributed by atoms with Gasteiger partial charge in [-0.05, 0) is 86.6 Å². The summed E-state index contributed by atoms with van der Waals surface area (Å²) in [7, 11) is 0. The van der Waals surface area contributed by atoms with Crippen LogP contribution in [0.15, 0.2) is 188 Å². The van der Waals surface area contributed by atoms with Crippen molar-refractivity contribution >= 4 is 64.1 Å². The van der Waals surface area contributed by atoms with Gasteiger partial charge in [-0.15, -0.1) is 11.3 Å². The average Bonchev–Trinajstić information content (AvgIpc) is 3.78. The number of rotatable bonds is 5. The van der Waals surface area contributed by atoms with Gasteiger partial charge in [0.25, 0.3) is 0 Å². The number of hydrogen-bond acceptors (Lipinski definition) is 3. The normalized spacial score (nSPS) is 11.7. The lowest BCUT2D eigenvalue weighted by Crippen LogP contribution is -2.01. The number of fused-ring (bicyclic) bond motifs is 7. The van der Waals surface area contributed by atoms with Crippen LogP contribution in [0.5, 0.6) is 0 Å². The summed E-state index contributed by atoms with van der Waals surface area (Å²) in [5.74, 6) is 0.653. The maximum atomic E-state index is 5.27. The van der Waals surface area contributed by atoms with Crippen molar-refractivity contribution in [1.82, 2.24) is 14.5 Å². The Kier molecular flexibility index (Phi) is 7.04. The maximum Gasteiger partial charge on any atom is 0.235 e. The highest BCUT2D eigenvalue weighted by molar-refractivity contribution is 7.26. The third kappa shape index (κ3) is 5.03. The Morgan fingerprint density at radius 3 is 1.93 bits per heavy atom. The van der Waals surface area contributed by atoms with E-state index in [1.54, 1.807) is 0 Å². The zero-order valence-electron chi connectivity index (χ0n) is 29.1. The molecule has 4 heteroatoms. The summed E-state index contributed by atoms with van der Waals surface area (Å²) in [6.45, 7) is 0. The molecule has 0 aliphatic heterocycles. The summed E-state index contributed by atoms with van der Waals surface area (Å²) in [6, 6.07) is 65.4. The van der Waals surface area contributed by atoms with Gasteiger partial charge in [0.15, 0.2) is 0 Å². The molecule has 11 aromatic rings. The third-order valence-corrected chi connectivity index (χ3v) is 11.9. The molecule has 0 atom stereocenters. The van der Waals surface area contributed by atoms with E-state index in [4.69, 9.17) is 9.97 Å². The largest absolute Gasteiger partial charge is 0.278 e. The summed E-state index contributed by atoms with van der Waals surface area (Å²) in [5, 5.41) is 7.36. The summed E-state index contributed by atoms with van der Waals surface area (Å²) in [6.07, 6.45) is 1.89. The van der Waals surface area contributed by atoms with E-state index in [-0.39, 0.29) is 0 Å². The molecule has 11 rings (SSSR count). The minimum Gasteiger partial charge on any atom is -0.278 e. The van der Waals surface area contributed by atoms with Crippen LogP contribution in [0.2, 0.25) is 0 Å². The van der Waals surface area contributed by atoms with Crippen molar-refractivity contribution in [3.05, 3.63) is 188 Å². The Morgan fingerprint density at radius 2 is 1.06 bits per heavy atom. The Morgan fingerprint density at radius 1 is 0.407 bits per heavy atom. The van der Waals surface area contributed by atoms with E-state index < -0.39 is 0 Å². The van der Waals surface area contributed by atoms with E-state index >= 15 is 0 Å². The highest BCUT2D eigenvalue weighted by Gasteiger charge is 2.18. The van der Waals surface area contributed by atoms with Crippen molar-refractivity contribution in [1.29, 1.82) is 0 Å². The van der Waals surface area contributed by atoms with Crippen molar-refractivity contribution in [3.63, 3.8) is 0 Å².